The highest BCUT2D eigenvalue weighted by Crippen LogP contribution is 2.65. The summed E-state index contributed by atoms with van der Waals surface area (Å²) in [4.78, 5) is 3.43. The number of rotatable bonds is 6. The number of thiophene rings is 1. The molecule has 0 saturated carbocycles. The van der Waals surface area contributed by atoms with Gasteiger partial charge in [0.2, 0.25) is 5.75 Å². The fraction of sp³-hybridized carbons (Fsp3) is 0.0169. The number of hydrogen-bond acceptors (Lipinski definition) is 4. The first kappa shape index (κ1) is 35.8. The van der Waals surface area contributed by atoms with Gasteiger partial charge in [-0.15, -0.1) is 11.3 Å². The van der Waals surface area contributed by atoms with Gasteiger partial charge in [-0.25, -0.2) is 0 Å². The van der Waals surface area contributed by atoms with Crippen molar-refractivity contribution < 1.29 is 9.47 Å². The van der Waals surface area contributed by atoms with Crippen molar-refractivity contribution in [2.24, 2.45) is 0 Å². The van der Waals surface area contributed by atoms with Crippen LogP contribution in [0, 0.1) is 0 Å². The van der Waals surface area contributed by atoms with Crippen LogP contribution in [0.25, 0.3) is 54.9 Å². The number of nitrogens with zero attached hydrogens (tertiary/aromatic N) is 1. The molecule has 0 fully saturated rings. The fourth-order valence-electron chi connectivity index (χ4n) is 10.3. The number of benzene rings is 9. The van der Waals surface area contributed by atoms with Crippen LogP contribution in [0.1, 0.15) is 22.3 Å². The van der Waals surface area contributed by atoms with Gasteiger partial charge in [0.25, 0.3) is 0 Å². The Morgan fingerprint density at radius 2 is 0.841 bits per heavy atom. The zero-order valence-electron chi connectivity index (χ0n) is 34.0. The summed E-state index contributed by atoms with van der Waals surface area (Å²) in [6.07, 6.45) is 0. The van der Waals surface area contributed by atoms with Gasteiger partial charge in [-0.05, 0) is 103 Å². The summed E-state index contributed by atoms with van der Waals surface area (Å²) in [6.45, 7) is 0. The Labute approximate surface area is 370 Å². The molecule has 9 aromatic carbocycles. The van der Waals surface area contributed by atoms with Crippen LogP contribution in [0.4, 0.5) is 16.4 Å². The van der Waals surface area contributed by atoms with Gasteiger partial charge in [-0.2, -0.15) is 0 Å². The highest BCUT2D eigenvalue weighted by Gasteiger charge is 2.51. The predicted octanol–water partition coefficient (Wildman–Crippen LogP) is 16.5. The summed E-state index contributed by atoms with van der Waals surface area (Å²) < 4.78 is 13.9. The van der Waals surface area contributed by atoms with Crippen LogP contribution in [-0.2, 0) is 5.41 Å². The van der Waals surface area contributed by atoms with E-state index in [4.69, 9.17) is 9.47 Å². The van der Waals surface area contributed by atoms with Crippen molar-refractivity contribution in [3.8, 4) is 77.9 Å². The van der Waals surface area contributed by atoms with E-state index in [0.29, 0.717) is 17.2 Å². The average molecular weight is 824 g/mol. The fourth-order valence-corrected chi connectivity index (χ4v) is 11.5. The van der Waals surface area contributed by atoms with Crippen molar-refractivity contribution in [2.75, 3.05) is 4.90 Å². The smallest absolute Gasteiger partial charge is 0.205 e. The lowest BCUT2D eigenvalue weighted by molar-refractivity contribution is 0.364. The van der Waals surface area contributed by atoms with Crippen LogP contribution in [0.2, 0.25) is 0 Å². The summed E-state index contributed by atoms with van der Waals surface area (Å²) in [6, 6.07) is 80.9. The zero-order chi connectivity index (χ0) is 41.5. The quantitative estimate of drug-likeness (QED) is 0.167. The standard InChI is InChI=1S/C59H37NO2S/c1-4-18-38(19-5-1)41-32-35-52(47(36-41)39-20-6-2-7-21-39)60(58-56-55(57(63-58)40-22-8-3-9-23-40)61-53-30-16-17-31-54(53)62-56)42-33-34-46-45-26-12-15-29-50(45)59(51(46)37-42)48-27-13-10-24-43(48)44-25-11-14-28-49(44)59/h1-37H. The predicted molar refractivity (Wildman–Crippen MR) is 258 cm³/mol. The first-order valence-corrected chi connectivity index (χ1v) is 22.2. The van der Waals surface area contributed by atoms with E-state index >= 15 is 0 Å². The van der Waals surface area contributed by atoms with Gasteiger partial charge in [-0.3, -0.25) is 4.90 Å². The lowest BCUT2D eigenvalue weighted by Gasteiger charge is -2.32. The maximum absolute atomic E-state index is 7.05. The van der Waals surface area contributed by atoms with Gasteiger partial charge in [0.1, 0.15) is 5.00 Å². The molecule has 2 aliphatic carbocycles. The van der Waals surface area contributed by atoms with Gasteiger partial charge in [0, 0.05) is 11.3 Å². The maximum Gasteiger partial charge on any atom is 0.205 e. The molecule has 0 radical (unpaired) electrons. The molecule has 4 heteroatoms. The summed E-state index contributed by atoms with van der Waals surface area (Å²) in [5.74, 6) is 2.80. The Hall–Kier alpha value is -7.92. The summed E-state index contributed by atoms with van der Waals surface area (Å²) in [5, 5.41) is 0.930. The largest absolute Gasteiger partial charge is 0.448 e. The second kappa shape index (κ2) is 14.1. The Morgan fingerprint density at radius 3 is 1.44 bits per heavy atom. The highest BCUT2D eigenvalue weighted by molar-refractivity contribution is 7.20. The third-order valence-corrected chi connectivity index (χ3v) is 14.2. The van der Waals surface area contributed by atoms with Gasteiger partial charge < -0.3 is 9.47 Å². The van der Waals surface area contributed by atoms with E-state index in [1.165, 1.54) is 44.5 Å². The molecule has 0 saturated heterocycles. The minimum atomic E-state index is -0.511. The molecule has 1 aromatic heterocycles. The maximum atomic E-state index is 7.05. The molecule has 0 N–H and O–H groups in total. The molecule has 3 nitrogen and oxygen atoms in total. The van der Waals surface area contributed by atoms with E-state index in [2.05, 4.69) is 205 Å². The van der Waals surface area contributed by atoms with Crippen molar-refractivity contribution >= 4 is 27.7 Å². The molecule has 0 atom stereocenters. The van der Waals surface area contributed by atoms with Crippen LogP contribution < -0.4 is 14.4 Å². The molecule has 2 heterocycles. The Balaban J connectivity index is 1.12. The van der Waals surface area contributed by atoms with Crippen LogP contribution in [0.3, 0.4) is 0 Å². The molecule has 296 valence electrons. The molecule has 0 bridgehead atoms. The normalized spacial score (nSPS) is 13.1. The molecule has 13 rings (SSSR count). The topological polar surface area (TPSA) is 21.7 Å². The SMILES string of the molecule is c1ccc(-c2ccc(N(c3ccc4c(c3)C3(c5ccccc5-c5ccccc53)c3ccccc3-4)c3sc(-c4ccccc4)c4c3Oc3ccccc3O4)c(-c3ccccc3)c2)cc1. The minimum absolute atomic E-state index is 0.511. The number of hydrogen-bond donors (Lipinski definition) is 0. The van der Waals surface area contributed by atoms with Gasteiger partial charge in [0.05, 0.1) is 16.0 Å². The second-order valence-corrected chi connectivity index (χ2v) is 17.3. The molecule has 0 unspecified atom stereocenters. The van der Waals surface area contributed by atoms with E-state index in [-0.39, 0.29) is 0 Å². The van der Waals surface area contributed by atoms with Crippen molar-refractivity contribution in [3.05, 3.63) is 247 Å². The first-order chi connectivity index (χ1) is 31.3. The number of ether oxygens (including phenoxy) is 2. The molecular formula is C59H37NO2S. The minimum Gasteiger partial charge on any atom is -0.448 e. The zero-order valence-corrected chi connectivity index (χ0v) is 34.9. The molecule has 1 aliphatic heterocycles. The third kappa shape index (κ3) is 5.32. The van der Waals surface area contributed by atoms with Crippen molar-refractivity contribution in [3.63, 3.8) is 0 Å². The third-order valence-electron chi connectivity index (χ3n) is 13.0. The monoisotopic (exact) mass is 823 g/mol. The number of para-hydroxylation sites is 2. The van der Waals surface area contributed by atoms with Crippen LogP contribution in [-0.4, -0.2) is 0 Å². The van der Waals surface area contributed by atoms with E-state index in [0.717, 1.165) is 54.8 Å². The number of anilines is 3. The molecule has 63 heavy (non-hydrogen) atoms. The molecule has 10 aromatic rings. The van der Waals surface area contributed by atoms with E-state index in [9.17, 15) is 0 Å². The van der Waals surface area contributed by atoms with Crippen molar-refractivity contribution in [2.45, 2.75) is 5.41 Å². The van der Waals surface area contributed by atoms with Gasteiger partial charge in [-0.1, -0.05) is 188 Å². The molecular weight excluding hydrogens is 787 g/mol. The summed E-state index contributed by atoms with van der Waals surface area (Å²) in [5.41, 5.74) is 17.4. The van der Waals surface area contributed by atoms with E-state index < -0.39 is 5.41 Å². The molecule has 0 amide bonds. The Kier molecular flexibility index (Phi) is 7.99. The first-order valence-electron chi connectivity index (χ1n) is 21.4. The summed E-state index contributed by atoms with van der Waals surface area (Å²) >= 11 is 1.70. The molecule has 3 aliphatic rings. The lowest BCUT2D eigenvalue weighted by Crippen LogP contribution is -2.26. The van der Waals surface area contributed by atoms with Crippen LogP contribution in [0.15, 0.2) is 224 Å². The lowest BCUT2D eigenvalue weighted by atomic mass is 9.70. The second-order valence-electron chi connectivity index (χ2n) is 16.3. The highest BCUT2D eigenvalue weighted by atomic mass is 32.1. The Morgan fingerprint density at radius 1 is 0.349 bits per heavy atom. The van der Waals surface area contributed by atoms with Crippen molar-refractivity contribution in [1.29, 1.82) is 0 Å². The average Bonchev–Trinajstić information content (AvgIpc) is 3.98. The number of fused-ring (bicyclic) bond motifs is 12. The van der Waals surface area contributed by atoms with Crippen LogP contribution >= 0.6 is 11.3 Å². The van der Waals surface area contributed by atoms with Crippen LogP contribution in [0.5, 0.6) is 23.0 Å². The summed E-state index contributed by atoms with van der Waals surface area (Å²) in [7, 11) is 0. The molecule has 1 spiro atoms. The van der Waals surface area contributed by atoms with Gasteiger partial charge in [0.15, 0.2) is 17.2 Å². The van der Waals surface area contributed by atoms with Crippen molar-refractivity contribution in [1.82, 2.24) is 0 Å². The van der Waals surface area contributed by atoms with Gasteiger partial charge >= 0.3 is 0 Å². The Bertz CT molecular complexity index is 3350. The van der Waals surface area contributed by atoms with E-state index in [1.807, 2.05) is 24.3 Å². The van der Waals surface area contributed by atoms with E-state index in [1.54, 1.807) is 11.3 Å².